The Morgan fingerprint density at radius 2 is 1.62 bits per heavy atom. The van der Waals surface area contributed by atoms with Crippen LogP contribution in [-0.4, -0.2) is 35.0 Å². The fourth-order valence-corrected chi connectivity index (χ4v) is 4.87. The Bertz CT molecular complexity index is 1610. The third-order valence-electron chi connectivity index (χ3n) is 6.92. The second kappa shape index (κ2) is 12.2. The first-order valence-corrected chi connectivity index (χ1v) is 13.5. The molecule has 200 valence electrons. The number of benzene rings is 3. The molecule has 2 N–H and O–H groups in total. The Hall–Kier alpha value is -4.07. The second-order valence-electron chi connectivity index (χ2n) is 10.1. The minimum atomic E-state index is -0.177. The Morgan fingerprint density at radius 3 is 2.36 bits per heavy atom. The molecule has 5 aromatic rings. The number of aromatic nitrogens is 2. The summed E-state index contributed by atoms with van der Waals surface area (Å²) in [5.41, 5.74) is 3.10. The van der Waals surface area contributed by atoms with Crippen molar-refractivity contribution in [2.45, 2.75) is 32.9 Å². The van der Waals surface area contributed by atoms with E-state index in [1.807, 2.05) is 84.9 Å². The van der Waals surface area contributed by atoms with Gasteiger partial charge in [-0.2, -0.15) is 0 Å². The van der Waals surface area contributed by atoms with Gasteiger partial charge in [0.15, 0.2) is 5.78 Å². The second-order valence-corrected chi connectivity index (χ2v) is 10.1. The van der Waals surface area contributed by atoms with Gasteiger partial charge in [-0.1, -0.05) is 86.6 Å². The van der Waals surface area contributed by atoms with E-state index in [0.717, 1.165) is 17.4 Å². The molecule has 7 heteroatoms. The van der Waals surface area contributed by atoms with Crippen LogP contribution in [0.2, 0.25) is 0 Å². The number of fused-ring (bicyclic) bond motifs is 3. The molecule has 0 radical (unpaired) electrons. The quantitative estimate of drug-likeness (QED) is 0.170. The normalized spacial score (nSPS) is 12.4. The number of carbonyl (C=O) groups is 1. The van der Waals surface area contributed by atoms with Gasteiger partial charge >= 0.3 is 0 Å². The SMILES string of the molecule is CC(C)C(NCCCNCC(=O)c1ccccc1)c1nc2c(oc3ccccc32)c(=O)n1Cc1ccccc1. The van der Waals surface area contributed by atoms with Crippen LogP contribution in [0.3, 0.4) is 0 Å². The fourth-order valence-electron chi connectivity index (χ4n) is 4.87. The maximum atomic E-state index is 13.8. The van der Waals surface area contributed by atoms with E-state index in [9.17, 15) is 9.59 Å². The van der Waals surface area contributed by atoms with Gasteiger partial charge in [0.25, 0.3) is 5.56 Å². The van der Waals surface area contributed by atoms with E-state index in [2.05, 4.69) is 24.5 Å². The molecule has 0 spiro atoms. The van der Waals surface area contributed by atoms with Crippen LogP contribution >= 0.6 is 0 Å². The molecule has 0 amide bonds. The Kier molecular flexibility index (Phi) is 8.30. The van der Waals surface area contributed by atoms with Gasteiger partial charge in [0.05, 0.1) is 19.1 Å². The summed E-state index contributed by atoms with van der Waals surface area (Å²) in [5, 5.41) is 7.72. The van der Waals surface area contributed by atoms with Gasteiger partial charge in [0, 0.05) is 10.9 Å². The molecule has 7 nitrogen and oxygen atoms in total. The minimum absolute atomic E-state index is 0.0818. The monoisotopic (exact) mass is 522 g/mol. The van der Waals surface area contributed by atoms with Crippen LogP contribution in [0.5, 0.6) is 0 Å². The first kappa shape index (κ1) is 26.5. The Morgan fingerprint density at radius 1 is 0.923 bits per heavy atom. The minimum Gasteiger partial charge on any atom is -0.448 e. The van der Waals surface area contributed by atoms with Crippen molar-refractivity contribution in [3.63, 3.8) is 0 Å². The van der Waals surface area contributed by atoms with Crippen molar-refractivity contribution in [3.05, 3.63) is 112 Å². The third-order valence-corrected chi connectivity index (χ3v) is 6.92. The predicted octanol–water partition coefficient (Wildman–Crippen LogP) is 5.34. The molecule has 0 aliphatic carbocycles. The highest BCUT2D eigenvalue weighted by atomic mass is 16.3. The lowest BCUT2D eigenvalue weighted by molar-refractivity contribution is 0.0991. The molecule has 1 atom stereocenters. The van der Waals surface area contributed by atoms with Crippen molar-refractivity contribution in [2.24, 2.45) is 5.92 Å². The summed E-state index contributed by atoms with van der Waals surface area (Å²) in [4.78, 5) is 31.2. The summed E-state index contributed by atoms with van der Waals surface area (Å²) in [6, 6.07) is 26.7. The lowest BCUT2D eigenvalue weighted by atomic mass is 10.0. The summed E-state index contributed by atoms with van der Waals surface area (Å²) in [6.45, 7) is 6.38. The number of para-hydroxylation sites is 1. The number of hydrogen-bond acceptors (Lipinski definition) is 6. The maximum absolute atomic E-state index is 13.8. The molecule has 0 bridgehead atoms. The third kappa shape index (κ3) is 6.00. The zero-order chi connectivity index (χ0) is 27.2. The number of ketones is 1. The van der Waals surface area contributed by atoms with E-state index in [1.54, 1.807) is 4.57 Å². The molecule has 5 rings (SSSR count). The number of carbonyl (C=O) groups excluding carboxylic acids is 1. The average molecular weight is 523 g/mol. The van der Waals surface area contributed by atoms with Crippen LogP contribution in [0.15, 0.2) is 94.1 Å². The van der Waals surface area contributed by atoms with E-state index in [0.29, 0.717) is 48.7 Å². The summed E-state index contributed by atoms with van der Waals surface area (Å²) in [7, 11) is 0. The van der Waals surface area contributed by atoms with Crippen molar-refractivity contribution in [3.8, 4) is 0 Å². The molecular weight excluding hydrogens is 488 g/mol. The van der Waals surface area contributed by atoms with E-state index in [1.165, 1.54) is 0 Å². The number of Topliss-reactive ketones (excluding diaryl/α,β-unsaturated/α-hetero) is 1. The average Bonchev–Trinajstić information content (AvgIpc) is 3.34. The zero-order valence-corrected chi connectivity index (χ0v) is 22.4. The number of hydrogen-bond donors (Lipinski definition) is 2. The standard InChI is InChI=1S/C32H34N4O3/c1-22(2)28(34-19-11-18-33-20-26(37)24-14-7-4-8-15-24)31-35-29-25-16-9-10-17-27(25)39-30(29)32(38)36(31)21-23-12-5-3-6-13-23/h3-10,12-17,22,28,33-34H,11,18-21H2,1-2H3. The zero-order valence-electron chi connectivity index (χ0n) is 22.4. The van der Waals surface area contributed by atoms with E-state index in [4.69, 9.17) is 9.40 Å². The largest absolute Gasteiger partial charge is 0.448 e. The molecule has 0 aliphatic heterocycles. The predicted molar refractivity (Wildman–Crippen MR) is 155 cm³/mol. The molecule has 1 unspecified atom stereocenters. The molecule has 3 aromatic carbocycles. The highest BCUT2D eigenvalue weighted by Crippen LogP contribution is 2.28. The Labute approximate surface area is 227 Å². The van der Waals surface area contributed by atoms with Gasteiger partial charge in [0.1, 0.15) is 16.9 Å². The summed E-state index contributed by atoms with van der Waals surface area (Å²) < 4.78 is 7.73. The highest BCUT2D eigenvalue weighted by molar-refractivity contribution is 6.02. The number of nitrogens with one attached hydrogen (secondary N) is 2. The number of rotatable bonds is 12. The van der Waals surface area contributed by atoms with Crippen molar-refractivity contribution in [2.75, 3.05) is 19.6 Å². The van der Waals surface area contributed by atoms with Crippen LogP contribution < -0.4 is 16.2 Å². The topological polar surface area (TPSA) is 89.2 Å². The summed E-state index contributed by atoms with van der Waals surface area (Å²) in [6.07, 6.45) is 0.824. The first-order chi connectivity index (χ1) is 19.0. The van der Waals surface area contributed by atoms with Crippen LogP contribution in [0.1, 0.15) is 48.1 Å². The van der Waals surface area contributed by atoms with Crippen molar-refractivity contribution in [1.82, 2.24) is 20.2 Å². The summed E-state index contributed by atoms with van der Waals surface area (Å²) in [5.74, 6) is 0.964. The molecule has 0 aliphatic rings. The lowest BCUT2D eigenvalue weighted by Crippen LogP contribution is -2.36. The number of furan rings is 1. The van der Waals surface area contributed by atoms with Gasteiger partial charge in [0.2, 0.25) is 5.58 Å². The molecule has 2 aromatic heterocycles. The molecular formula is C32H34N4O3. The highest BCUT2D eigenvalue weighted by Gasteiger charge is 2.25. The van der Waals surface area contributed by atoms with Crippen LogP contribution in [0.25, 0.3) is 22.1 Å². The van der Waals surface area contributed by atoms with Gasteiger partial charge in [-0.3, -0.25) is 14.2 Å². The van der Waals surface area contributed by atoms with Crippen molar-refractivity contribution < 1.29 is 9.21 Å². The van der Waals surface area contributed by atoms with Crippen LogP contribution in [-0.2, 0) is 6.54 Å². The van der Waals surface area contributed by atoms with Gasteiger partial charge in [-0.05, 0) is 43.1 Å². The van der Waals surface area contributed by atoms with Crippen LogP contribution in [0, 0.1) is 5.92 Å². The molecule has 0 saturated carbocycles. The first-order valence-electron chi connectivity index (χ1n) is 13.5. The molecule has 0 fully saturated rings. The Balaban J connectivity index is 1.36. The lowest BCUT2D eigenvalue weighted by Gasteiger charge is -2.25. The van der Waals surface area contributed by atoms with E-state index in [-0.39, 0.29) is 28.9 Å². The molecule has 2 heterocycles. The number of nitrogens with zero attached hydrogens (tertiary/aromatic N) is 2. The van der Waals surface area contributed by atoms with Gasteiger partial charge in [-0.25, -0.2) is 4.98 Å². The maximum Gasteiger partial charge on any atom is 0.297 e. The van der Waals surface area contributed by atoms with Crippen LogP contribution in [0.4, 0.5) is 0 Å². The molecule has 0 saturated heterocycles. The van der Waals surface area contributed by atoms with Gasteiger partial charge < -0.3 is 15.1 Å². The smallest absolute Gasteiger partial charge is 0.297 e. The molecule has 39 heavy (non-hydrogen) atoms. The van der Waals surface area contributed by atoms with Crippen molar-refractivity contribution >= 4 is 27.9 Å². The van der Waals surface area contributed by atoms with E-state index < -0.39 is 0 Å². The van der Waals surface area contributed by atoms with E-state index >= 15 is 0 Å². The fraction of sp³-hybridized carbons (Fsp3) is 0.281. The summed E-state index contributed by atoms with van der Waals surface area (Å²) >= 11 is 0. The van der Waals surface area contributed by atoms with Gasteiger partial charge in [-0.15, -0.1) is 0 Å². The van der Waals surface area contributed by atoms with Crippen molar-refractivity contribution in [1.29, 1.82) is 0 Å².